The van der Waals surface area contributed by atoms with E-state index >= 15 is 0 Å². The maximum absolute atomic E-state index is 5.76. The first kappa shape index (κ1) is 15.4. The van der Waals surface area contributed by atoms with E-state index in [0.717, 1.165) is 11.3 Å². The molecule has 4 heteroatoms. The molecule has 0 fully saturated rings. The first-order valence-electron chi connectivity index (χ1n) is 7.55. The van der Waals surface area contributed by atoms with E-state index in [0.29, 0.717) is 0 Å². The second-order valence-electron chi connectivity index (χ2n) is 5.35. The summed E-state index contributed by atoms with van der Waals surface area (Å²) in [7, 11) is 0. The average Bonchev–Trinajstić information content (AvgIpc) is 3.34. The molecule has 0 saturated carbocycles. The molecule has 4 rings (SSSR count). The zero-order chi connectivity index (χ0) is 16.4. The van der Waals surface area contributed by atoms with Crippen LogP contribution in [0.4, 0.5) is 5.69 Å². The Balaban J connectivity index is 1.74. The van der Waals surface area contributed by atoms with Crippen molar-refractivity contribution in [2.45, 2.75) is 0 Å². The average molecular weight is 366 g/mol. The van der Waals surface area contributed by atoms with Gasteiger partial charge in [0.05, 0.1) is 4.88 Å². The highest BCUT2D eigenvalue weighted by Crippen LogP contribution is 2.42. The summed E-state index contributed by atoms with van der Waals surface area (Å²) in [4.78, 5) is 5.30. The minimum atomic E-state index is 0.793. The maximum atomic E-state index is 5.76. The summed E-state index contributed by atoms with van der Waals surface area (Å²) in [5, 5.41) is 4.26. The topological polar surface area (TPSA) is 26.0 Å². The Bertz CT molecular complexity index is 943. The number of nitrogens with two attached hydrogens (primary N) is 1. The quantitative estimate of drug-likeness (QED) is 0.389. The smallest absolute Gasteiger partial charge is 0.0521 e. The van der Waals surface area contributed by atoms with E-state index in [1.165, 1.54) is 25.1 Å². The number of hydrogen-bond donors (Lipinski definition) is 1. The van der Waals surface area contributed by atoms with Gasteiger partial charge >= 0.3 is 0 Å². The van der Waals surface area contributed by atoms with Crippen molar-refractivity contribution in [2.24, 2.45) is 0 Å². The number of anilines is 1. The number of thiophene rings is 3. The van der Waals surface area contributed by atoms with Crippen molar-refractivity contribution >= 4 is 51.8 Å². The summed E-state index contributed by atoms with van der Waals surface area (Å²) < 4.78 is 0. The van der Waals surface area contributed by atoms with Crippen LogP contribution in [0.3, 0.4) is 0 Å². The second-order valence-corrected chi connectivity index (χ2v) is 8.30. The van der Waals surface area contributed by atoms with Crippen molar-refractivity contribution in [1.82, 2.24) is 0 Å². The Kier molecular flexibility index (Phi) is 4.34. The molecular weight excluding hydrogens is 350 g/mol. The lowest BCUT2D eigenvalue weighted by Crippen LogP contribution is -1.82. The van der Waals surface area contributed by atoms with Gasteiger partial charge in [-0.15, -0.1) is 34.0 Å². The van der Waals surface area contributed by atoms with Crippen LogP contribution in [0.2, 0.25) is 0 Å². The van der Waals surface area contributed by atoms with Gasteiger partial charge in [-0.2, -0.15) is 0 Å². The first-order valence-corrected chi connectivity index (χ1v) is 10.1. The van der Waals surface area contributed by atoms with Crippen LogP contribution in [0, 0.1) is 0 Å². The van der Waals surface area contributed by atoms with Crippen LogP contribution in [0.1, 0.15) is 11.1 Å². The Labute approximate surface area is 153 Å². The lowest BCUT2D eigenvalue weighted by Gasteiger charge is -1.97. The van der Waals surface area contributed by atoms with Crippen LogP contribution < -0.4 is 5.73 Å². The molecule has 4 aromatic rings. The number of hydrogen-bond acceptors (Lipinski definition) is 4. The van der Waals surface area contributed by atoms with Crippen LogP contribution in [0.15, 0.2) is 65.4 Å². The third-order valence-electron chi connectivity index (χ3n) is 3.66. The van der Waals surface area contributed by atoms with Gasteiger partial charge in [-0.1, -0.05) is 36.4 Å². The summed E-state index contributed by atoms with van der Waals surface area (Å²) in [5.74, 6) is 0. The van der Waals surface area contributed by atoms with Crippen molar-refractivity contribution in [1.29, 1.82) is 0 Å². The van der Waals surface area contributed by atoms with Gasteiger partial charge in [0.15, 0.2) is 0 Å². The molecule has 1 aromatic carbocycles. The summed E-state index contributed by atoms with van der Waals surface area (Å²) in [6.45, 7) is 0. The standard InChI is InChI=1S/C20H15NS3/c21-16-9-6-14(7-10-16)5-8-15-13-19(17-3-1-11-22-17)24-20(15)18-4-2-12-23-18/h1-13H,21H2/b8-5+. The highest BCUT2D eigenvalue weighted by molar-refractivity contribution is 7.26. The molecule has 24 heavy (non-hydrogen) atoms. The van der Waals surface area contributed by atoms with Crippen LogP contribution in [0.25, 0.3) is 31.7 Å². The third kappa shape index (κ3) is 3.22. The largest absolute Gasteiger partial charge is 0.399 e. The lowest BCUT2D eigenvalue weighted by molar-refractivity contribution is 1.65. The zero-order valence-corrected chi connectivity index (χ0v) is 15.3. The fourth-order valence-electron chi connectivity index (χ4n) is 2.46. The summed E-state index contributed by atoms with van der Waals surface area (Å²) in [5.41, 5.74) is 8.98. The van der Waals surface area contributed by atoms with Gasteiger partial charge in [0.25, 0.3) is 0 Å². The predicted molar refractivity (Wildman–Crippen MR) is 111 cm³/mol. The van der Waals surface area contributed by atoms with Crippen molar-refractivity contribution < 1.29 is 0 Å². The van der Waals surface area contributed by atoms with Crippen LogP contribution in [0.5, 0.6) is 0 Å². The molecular formula is C20H15NS3. The van der Waals surface area contributed by atoms with Gasteiger partial charge in [-0.05, 0) is 52.2 Å². The highest BCUT2D eigenvalue weighted by Gasteiger charge is 2.12. The fourth-order valence-corrected chi connectivity index (χ4v) is 5.31. The molecule has 0 unspecified atom stereocenters. The molecule has 2 N–H and O–H groups in total. The summed E-state index contributed by atoms with van der Waals surface area (Å²) in [6, 6.07) is 18.8. The van der Waals surface area contributed by atoms with Gasteiger partial charge in [-0.25, -0.2) is 0 Å². The highest BCUT2D eigenvalue weighted by atomic mass is 32.1. The number of benzene rings is 1. The molecule has 0 aliphatic rings. The van der Waals surface area contributed by atoms with Crippen molar-refractivity contribution in [3.8, 4) is 19.5 Å². The molecule has 0 bridgehead atoms. The molecule has 3 aromatic heterocycles. The minimum absolute atomic E-state index is 0.793. The number of nitrogen functional groups attached to an aromatic ring is 1. The molecule has 0 aliphatic carbocycles. The van der Waals surface area contributed by atoms with E-state index in [2.05, 4.69) is 53.2 Å². The van der Waals surface area contributed by atoms with E-state index in [1.807, 2.05) is 35.6 Å². The Morgan fingerprint density at radius 1 is 0.750 bits per heavy atom. The molecule has 3 heterocycles. The monoisotopic (exact) mass is 365 g/mol. The lowest BCUT2D eigenvalue weighted by atomic mass is 10.1. The first-order chi connectivity index (χ1) is 11.8. The van der Waals surface area contributed by atoms with Gasteiger partial charge in [0.1, 0.15) is 0 Å². The molecule has 118 valence electrons. The Morgan fingerprint density at radius 2 is 1.46 bits per heavy atom. The Morgan fingerprint density at radius 3 is 2.12 bits per heavy atom. The van der Waals surface area contributed by atoms with E-state index in [9.17, 15) is 0 Å². The molecule has 1 nitrogen and oxygen atoms in total. The maximum Gasteiger partial charge on any atom is 0.0521 e. The van der Waals surface area contributed by atoms with E-state index in [4.69, 9.17) is 5.73 Å². The zero-order valence-electron chi connectivity index (χ0n) is 12.8. The van der Waals surface area contributed by atoms with Crippen molar-refractivity contribution in [3.63, 3.8) is 0 Å². The Hall–Kier alpha value is -2.14. The summed E-state index contributed by atoms with van der Waals surface area (Å²) in [6.07, 6.45) is 4.35. The summed E-state index contributed by atoms with van der Waals surface area (Å²) >= 11 is 5.44. The van der Waals surface area contributed by atoms with Gasteiger partial charge in [0, 0.05) is 20.3 Å². The van der Waals surface area contributed by atoms with Crippen LogP contribution in [-0.4, -0.2) is 0 Å². The van der Waals surface area contributed by atoms with E-state index in [1.54, 1.807) is 22.7 Å². The second kappa shape index (κ2) is 6.77. The normalized spacial score (nSPS) is 11.3. The molecule has 0 atom stereocenters. The molecule has 0 amide bonds. The minimum Gasteiger partial charge on any atom is -0.399 e. The molecule has 0 radical (unpaired) electrons. The van der Waals surface area contributed by atoms with Gasteiger partial charge < -0.3 is 5.73 Å². The third-order valence-corrected chi connectivity index (χ3v) is 6.93. The van der Waals surface area contributed by atoms with Gasteiger partial charge in [-0.3, -0.25) is 0 Å². The van der Waals surface area contributed by atoms with Gasteiger partial charge in [0.2, 0.25) is 0 Å². The fraction of sp³-hybridized carbons (Fsp3) is 0. The number of rotatable bonds is 4. The molecule has 0 spiro atoms. The van der Waals surface area contributed by atoms with E-state index in [-0.39, 0.29) is 0 Å². The predicted octanol–water partition coefficient (Wildman–Crippen LogP) is 6.96. The van der Waals surface area contributed by atoms with Crippen molar-refractivity contribution in [3.05, 3.63) is 76.5 Å². The van der Waals surface area contributed by atoms with Crippen LogP contribution in [-0.2, 0) is 0 Å². The van der Waals surface area contributed by atoms with E-state index < -0.39 is 0 Å². The van der Waals surface area contributed by atoms with Crippen LogP contribution >= 0.6 is 34.0 Å². The van der Waals surface area contributed by atoms with Crippen molar-refractivity contribution in [2.75, 3.05) is 5.73 Å². The SMILES string of the molecule is Nc1ccc(/C=C/c2cc(-c3cccs3)sc2-c2cccs2)cc1. The molecule has 0 aliphatic heterocycles. The molecule has 0 saturated heterocycles.